The van der Waals surface area contributed by atoms with Crippen LogP contribution in [0.3, 0.4) is 0 Å². The maximum atomic E-state index is 13.1. The second kappa shape index (κ2) is 6.74. The van der Waals surface area contributed by atoms with E-state index in [2.05, 4.69) is 9.89 Å². The number of carbonyl (C=O) groups excluding carboxylic acids is 1. The van der Waals surface area contributed by atoms with Crippen molar-refractivity contribution in [2.75, 3.05) is 37.9 Å². The van der Waals surface area contributed by atoms with Gasteiger partial charge in [-0.25, -0.2) is 9.38 Å². The molecule has 5 nitrogen and oxygen atoms in total. The highest BCUT2D eigenvalue weighted by molar-refractivity contribution is 6.54. The lowest BCUT2D eigenvalue weighted by Gasteiger charge is -2.30. The molecule has 0 unspecified atom stereocenters. The van der Waals surface area contributed by atoms with Gasteiger partial charge in [-0.3, -0.25) is 14.6 Å². The summed E-state index contributed by atoms with van der Waals surface area (Å²) in [5.74, 6) is -0.451. The van der Waals surface area contributed by atoms with E-state index in [4.69, 9.17) is 4.74 Å². The highest BCUT2D eigenvalue weighted by Crippen LogP contribution is 2.31. The molecule has 4 rings (SSSR count). The minimum absolute atomic E-state index is 0.128. The van der Waals surface area contributed by atoms with Crippen LogP contribution in [0.5, 0.6) is 0 Å². The largest absolute Gasteiger partial charge is 0.379 e. The maximum Gasteiger partial charge on any atom is 0.278 e. The molecule has 0 atom stereocenters. The van der Waals surface area contributed by atoms with E-state index in [0.29, 0.717) is 31.3 Å². The Balaban J connectivity index is 1.67. The molecule has 1 amide bonds. The SMILES string of the molecule is O=C1C(=Nc2ccc(F)cc2)c2ccccc2N1CN1CCOCC1. The van der Waals surface area contributed by atoms with Crippen LogP contribution in [0.4, 0.5) is 15.8 Å². The summed E-state index contributed by atoms with van der Waals surface area (Å²) in [5.41, 5.74) is 2.63. The summed E-state index contributed by atoms with van der Waals surface area (Å²) in [4.78, 5) is 21.4. The second-order valence-electron chi connectivity index (χ2n) is 6.06. The van der Waals surface area contributed by atoms with Gasteiger partial charge in [0.25, 0.3) is 5.91 Å². The third-order valence-corrected chi connectivity index (χ3v) is 4.41. The molecule has 1 saturated heterocycles. The van der Waals surface area contributed by atoms with Crippen LogP contribution in [0.2, 0.25) is 0 Å². The molecule has 0 spiro atoms. The zero-order chi connectivity index (χ0) is 17.2. The summed E-state index contributed by atoms with van der Waals surface area (Å²) in [7, 11) is 0. The molecule has 0 aliphatic carbocycles. The third kappa shape index (κ3) is 3.18. The fraction of sp³-hybridized carbons (Fsp3) is 0.263. The molecule has 2 aromatic carbocycles. The number of nitrogens with zero attached hydrogens (tertiary/aromatic N) is 3. The van der Waals surface area contributed by atoms with Crippen molar-refractivity contribution in [3.63, 3.8) is 0 Å². The van der Waals surface area contributed by atoms with Gasteiger partial charge in [-0.05, 0) is 30.3 Å². The van der Waals surface area contributed by atoms with E-state index in [1.54, 1.807) is 17.0 Å². The Labute approximate surface area is 145 Å². The minimum atomic E-state index is -0.323. The Bertz CT molecular complexity index is 814. The van der Waals surface area contributed by atoms with E-state index in [9.17, 15) is 9.18 Å². The lowest BCUT2D eigenvalue weighted by atomic mass is 10.1. The molecular formula is C19H18FN3O2. The van der Waals surface area contributed by atoms with Crippen molar-refractivity contribution in [2.24, 2.45) is 4.99 Å². The molecule has 2 aliphatic rings. The van der Waals surface area contributed by atoms with E-state index in [-0.39, 0.29) is 11.7 Å². The zero-order valence-electron chi connectivity index (χ0n) is 13.7. The van der Waals surface area contributed by atoms with Gasteiger partial charge in [-0.15, -0.1) is 0 Å². The van der Waals surface area contributed by atoms with Crippen molar-refractivity contribution in [1.29, 1.82) is 0 Å². The van der Waals surface area contributed by atoms with Gasteiger partial charge < -0.3 is 4.74 Å². The summed E-state index contributed by atoms with van der Waals surface area (Å²) in [6, 6.07) is 13.5. The van der Waals surface area contributed by atoms with Crippen LogP contribution in [0.25, 0.3) is 0 Å². The number of para-hydroxylation sites is 1. The number of benzene rings is 2. The van der Waals surface area contributed by atoms with Crippen LogP contribution in [0.1, 0.15) is 5.56 Å². The first-order valence-corrected chi connectivity index (χ1v) is 8.28. The van der Waals surface area contributed by atoms with Gasteiger partial charge in [0.2, 0.25) is 0 Å². The number of amides is 1. The first kappa shape index (κ1) is 15.9. The summed E-state index contributed by atoms with van der Waals surface area (Å²) < 4.78 is 18.5. The summed E-state index contributed by atoms with van der Waals surface area (Å²) in [5, 5.41) is 0. The molecule has 25 heavy (non-hydrogen) atoms. The monoisotopic (exact) mass is 339 g/mol. The van der Waals surface area contributed by atoms with Crippen molar-refractivity contribution in [3.05, 3.63) is 59.9 Å². The molecule has 2 heterocycles. The predicted octanol–water partition coefficient (Wildman–Crippen LogP) is 2.58. The number of hydrogen-bond acceptors (Lipinski definition) is 4. The van der Waals surface area contributed by atoms with Crippen molar-refractivity contribution in [1.82, 2.24) is 4.90 Å². The number of anilines is 1. The van der Waals surface area contributed by atoms with Crippen LogP contribution in [0.15, 0.2) is 53.5 Å². The lowest BCUT2D eigenvalue weighted by Crippen LogP contribution is -2.45. The van der Waals surface area contributed by atoms with Crippen LogP contribution < -0.4 is 4.90 Å². The predicted molar refractivity (Wildman–Crippen MR) is 93.8 cm³/mol. The number of fused-ring (bicyclic) bond motifs is 1. The molecule has 0 bridgehead atoms. The van der Waals surface area contributed by atoms with E-state index in [1.807, 2.05) is 24.3 Å². The second-order valence-corrected chi connectivity index (χ2v) is 6.06. The summed E-state index contributed by atoms with van der Waals surface area (Å²) in [6.07, 6.45) is 0. The number of aliphatic imine (C=N–C) groups is 1. The van der Waals surface area contributed by atoms with E-state index < -0.39 is 0 Å². The number of halogens is 1. The summed E-state index contributed by atoms with van der Waals surface area (Å²) in [6.45, 7) is 3.48. The number of rotatable bonds is 3. The molecule has 1 fully saturated rings. The van der Waals surface area contributed by atoms with Crippen LogP contribution in [-0.2, 0) is 9.53 Å². The Morgan fingerprint density at radius 2 is 1.76 bits per heavy atom. The molecule has 2 aromatic rings. The quantitative estimate of drug-likeness (QED) is 0.863. The van der Waals surface area contributed by atoms with Gasteiger partial charge in [-0.1, -0.05) is 18.2 Å². The van der Waals surface area contributed by atoms with Gasteiger partial charge in [-0.2, -0.15) is 0 Å². The summed E-state index contributed by atoms with van der Waals surface area (Å²) >= 11 is 0. The molecule has 6 heteroatoms. The lowest BCUT2D eigenvalue weighted by molar-refractivity contribution is -0.112. The average Bonchev–Trinajstić information content (AvgIpc) is 2.90. The number of ether oxygens (including phenoxy) is 1. The topological polar surface area (TPSA) is 45.1 Å². The number of hydrogen-bond donors (Lipinski definition) is 0. The fourth-order valence-electron chi connectivity index (χ4n) is 3.10. The van der Waals surface area contributed by atoms with Gasteiger partial charge in [0, 0.05) is 18.7 Å². The van der Waals surface area contributed by atoms with E-state index >= 15 is 0 Å². The highest BCUT2D eigenvalue weighted by atomic mass is 19.1. The zero-order valence-corrected chi connectivity index (χ0v) is 13.7. The Morgan fingerprint density at radius 3 is 2.52 bits per heavy atom. The fourth-order valence-corrected chi connectivity index (χ4v) is 3.10. The van der Waals surface area contributed by atoms with E-state index in [0.717, 1.165) is 24.3 Å². The first-order valence-electron chi connectivity index (χ1n) is 8.28. The first-order chi connectivity index (χ1) is 12.2. The Hall–Kier alpha value is -2.57. The Kier molecular flexibility index (Phi) is 4.29. The molecular weight excluding hydrogens is 321 g/mol. The van der Waals surface area contributed by atoms with Crippen LogP contribution in [0, 0.1) is 5.82 Å². The molecule has 0 N–H and O–H groups in total. The average molecular weight is 339 g/mol. The van der Waals surface area contributed by atoms with Gasteiger partial charge in [0.15, 0.2) is 0 Å². The minimum Gasteiger partial charge on any atom is -0.379 e. The van der Waals surface area contributed by atoms with Crippen molar-refractivity contribution >= 4 is 23.0 Å². The number of morpholine rings is 1. The smallest absolute Gasteiger partial charge is 0.278 e. The molecule has 2 aliphatic heterocycles. The van der Waals surface area contributed by atoms with Crippen LogP contribution in [-0.4, -0.2) is 49.5 Å². The maximum absolute atomic E-state index is 13.1. The normalized spacial score (nSPS) is 19.5. The molecule has 0 aromatic heterocycles. The standard InChI is InChI=1S/C19H18FN3O2/c20-14-5-7-15(8-6-14)21-18-16-3-1-2-4-17(16)23(19(18)24)13-22-9-11-25-12-10-22/h1-8H,9-13H2. The van der Waals surface area contributed by atoms with Crippen molar-refractivity contribution in [3.8, 4) is 0 Å². The molecule has 0 radical (unpaired) electrons. The van der Waals surface area contributed by atoms with Gasteiger partial charge >= 0.3 is 0 Å². The van der Waals surface area contributed by atoms with Gasteiger partial charge in [0.05, 0.1) is 31.3 Å². The van der Waals surface area contributed by atoms with E-state index in [1.165, 1.54) is 12.1 Å². The van der Waals surface area contributed by atoms with Gasteiger partial charge in [0.1, 0.15) is 11.5 Å². The highest BCUT2D eigenvalue weighted by Gasteiger charge is 2.34. The van der Waals surface area contributed by atoms with Crippen molar-refractivity contribution < 1.29 is 13.9 Å². The number of carbonyl (C=O) groups is 1. The van der Waals surface area contributed by atoms with Crippen LogP contribution >= 0.6 is 0 Å². The third-order valence-electron chi connectivity index (χ3n) is 4.41. The Morgan fingerprint density at radius 1 is 1.04 bits per heavy atom. The molecule has 128 valence electrons. The van der Waals surface area contributed by atoms with Crippen molar-refractivity contribution in [2.45, 2.75) is 0 Å². The molecule has 0 saturated carbocycles.